The molecule has 2 N–H and O–H groups in total. The van der Waals surface area contributed by atoms with Crippen LogP contribution in [0.4, 0.5) is 38.9 Å². The second-order valence-corrected chi connectivity index (χ2v) is 11.5. The average Bonchev–Trinajstić information content (AvgIpc) is 3.27. The lowest BCUT2D eigenvalue weighted by molar-refractivity contribution is -0.141. The van der Waals surface area contributed by atoms with Crippen LogP contribution in [0.3, 0.4) is 0 Å². The van der Waals surface area contributed by atoms with Crippen molar-refractivity contribution >= 4 is 40.0 Å². The molecular weight excluding hydrogens is 580 g/mol. The topological polar surface area (TPSA) is 119 Å². The Labute approximate surface area is 243 Å². The first-order valence-corrected chi connectivity index (χ1v) is 13.8. The summed E-state index contributed by atoms with van der Waals surface area (Å²) in [7, 11) is 0. The molecule has 0 spiro atoms. The first-order valence-electron chi connectivity index (χ1n) is 13.0. The number of likely N-dealkylation sites (tertiary alicyclic amines) is 1. The number of halogens is 4. The predicted molar refractivity (Wildman–Crippen MR) is 148 cm³/mol. The third-order valence-electron chi connectivity index (χ3n) is 6.11. The highest BCUT2D eigenvalue weighted by Crippen LogP contribution is 2.31. The summed E-state index contributed by atoms with van der Waals surface area (Å²) in [5.74, 6) is -1.32. The molecule has 1 aliphatic heterocycles. The van der Waals surface area contributed by atoms with Crippen molar-refractivity contribution in [3.8, 4) is 5.75 Å². The SMILES string of the molecule is Cc1nsc(Nc2cnc(C(F)(F)F)cn2)c1C(=O)Nc1ccc(F)c(OC[C@H]2CCCN(C(=O)OC(C)(C)C)C2)c1. The van der Waals surface area contributed by atoms with Crippen molar-refractivity contribution in [2.75, 3.05) is 30.3 Å². The first-order chi connectivity index (χ1) is 19.7. The van der Waals surface area contributed by atoms with E-state index in [1.165, 1.54) is 12.1 Å². The van der Waals surface area contributed by atoms with Crippen molar-refractivity contribution < 1.29 is 36.6 Å². The number of aryl methyl sites for hydroxylation is 1. The minimum atomic E-state index is -4.63. The minimum Gasteiger partial charge on any atom is -0.490 e. The van der Waals surface area contributed by atoms with Gasteiger partial charge in [0.15, 0.2) is 17.3 Å². The van der Waals surface area contributed by atoms with Crippen LogP contribution < -0.4 is 15.4 Å². The van der Waals surface area contributed by atoms with Crippen LogP contribution in [-0.2, 0) is 10.9 Å². The Morgan fingerprint density at radius 3 is 2.60 bits per heavy atom. The highest BCUT2D eigenvalue weighted by Gasteiger charge is 2.33. The number of amides is 2. The molecule has 0 radical (unpaired) electrons. The number of nitrogens with one attached hydrogen (secondary N) is 2. The molecule has 2 amide bonds. The molecule has 1 atom stereocenters. The molecule has 1 aliphatic rings. The van der Waals surface area contributed by atoms with Crippen LogP contribution in [0.25, 0.3) is 0 Å². The van der Waals surface area contributed by atoms with Gasteiger partial charge in [-0.05, 0) is 64.2 Å². The lowest BCUT2D eigenvalue weighted by atomic mass is 9.99. The van der Waals surface area contributed by atoms with Gasteiger partial charge >= 0.3 is 12.3 Å². The Kier molecular flexibility index (Phi) is 9.18. The highest BCUT2D eigenvalue weighted by molar-refractivity contribution is 7.10. The van der Waals surface area contributed by atoms with Crippen LogP contribution in [0.5, 0.6) is 5.75 Å². The normalized spacial score (nSPS) is 15.7. The lowest BCUT2D eigenvalue weighted by Crippen LogP contribution is -2.44. The summed E-state index contributed by atoms with van der Waals surface area (Å²) in [5.41, 5.74) is -1.01. The zero-order valence-electron chi connectivity index (χ0n) is 23.3. The van der Waals surface area contributed by atoms with E-state index in [2.05, 4.69) is 25.0 Å². The second kappa shape index (κ2) is 12.5. The number of anilines is 3. The van der Waals surface area contributed by atoms with Gasteiger partial charge in [0, 0.05) is 30.8 Å². The Hall–Kier alpha value is -4.01. The van der Waals surface area contributed by atoms with Gasteiger partial charge in [-0.25, -0.2) is 19.2 Å². The number of aromatic nitrogens is 3. The molecule has 3 heterocycles. The molecule has 0 unspecified atom stereocenters. The number of rotatable bonds is 7. The Balaban J connectivity index is 1.39. The molecule has 4 rings (SSSR count). The number of piperidine rings is 1. The van der Waals surface area contributed by atoms with Crippen molar-refractivity contribution in [1.29, 1.82) is 0 Å². The van der Waals surface area contributed by atoms with Crippen molar-refractivity contribution in [2.24, 2.45) is 5.92 Å². The predicted octanol–water partition coefficient (Wildman–Crippen LogP) is 6.42. The van der Waals surface area contributed by atoms with Crippen LogP contribution in [0.1, 0.15) is 55.4 Å². The first kappa shape index (κ1) is 30.9. The monoisotopic (exact) mass is 610 g/mol. The van der Waals surface area contributed by atoms with Gasteiger partial charge in [0.2, 0.25) is 0 Å². The quantitative estimate of drug-likeness (QED) is 0.294. The van der Waals surface area contributed by atoms with Crippen LogP contribution in [0.2, 0.25) is 0 Å². The van der Waals surface area contributed by atoms with E-state index in [0.717, 1.165) is 36.6 Å². The number of hydrogen-bond donors (Lipinski definition) is 2. The highest BCUT2D eigenvalue weighted by atomic mass is 32.1. The van der Waals surface area contributed by atoms with E-state index in [4.69, 9.17) is 9.47 Å². The van der Waals surface area contributed by atoms with E-state index >= 15 is 0 Å². The van der Waals surface area contributed by atoms with Gasteiger partial charge in [0.05, 0.1) is 30.3 Å². The van der Waals surface area contributed by atoms with Crippen LogP contribution in [0.15, 0.2) is 30.6 Å². The molecule has 1 fully saturated rings. The van der Waals surface area contributed by atoms with Crippen molar-refractivity contribution in [1.82, 2.24) is 19.2 Å². The number of alkyl halides is 3. The molecule has 15 heteroatoms. The Morgan fingerprint density at radius 1 is 1.17 bits per heavy atom. The fourth-order valence-corrected chi connectivity index (χ4v) is 4.97. The minimum absolute atomic E-state index is 0.00823. The van der Waals surface area contributed by atoms with Crippen LogP contribution >= 0.6 is 11.5 Å². The average molecular weight is 611 g/mol. The fraction of sp³-hybridized carbons (Fsp3) is 0.444. The van der Waals surface area contributed by atoms with Crippen molar-refractivity contribution in [3.63, 3.8) is 0 Å². The summed E-state index contributed by atoms with van der Waals surface area (Å²) in [5, 5.41) is 5.69. The maximum atomic E-state index is 14.6. The second-order valence-electron chi connectivity index (χ2n) is 10.7. The fourth-order valence-electron chi connectivity index (χ4n) is 4.16. The third-order valence-corrected chi connectivity index (χ3v) is 6.96. The number of carbonyl (C=O) groups excluding carboxylic acids is 2. The van der Waals surface area contributed by atoms with Gasteiger partial charge in [0.25, 0.3) is 5.91 Å². The van der Waals surface area contributed by atoms with Crippen LogP contribution in [-0.4, -0.2) is 56.5 Å². The molecule has 1 aromatic carbocycles. The smallest absolute Gasteiger partial charge is 0.434 e. The molecule has 0 saturated carbocycles. The van der Waals surface area contributed by atoms with E-state index < -0.39 is 35.3 Å². The molecule has 2 aromatic heterocycles. The molecule has 10 nitrogen and oxygen atoms in total. The largest absolute Gasteiger partial charge is 0.490 e. The molecular formula is C27H30F4N6O4S. The van der Waals surface area contributed by atoms with E-state index in [1.54, 1.807) is 32.6 Å². The van der Waals surface area contributed by atoms with E-state index in [-0.39, 0.29) is 40.3 Å². The summed E-state index contributed by atoms with van der Waals surface area (Å²) in [6.45, 7) is 8.13. The molecule has 3 aromatic rings. The maximum Gasteiger partial charge on any atom is 0.434 e. The summed E-state index contributed by atoms with van der Waals surface area (Å²) in [4.78, 5) is 34.3. The van der Waals surface area contributed by atoms with Gasteiger partial charge < -0.3 is 25.0 Å². The summed E-state index contributed by atoms with van der Waals surface area (Å²) in [6, 6.07) is 3.88. The van der Waals surface area contributed by atoms with E-state index in [9.17, 15) is 27.2 Å². The number of hydrogen-bond acceptors (Lipinski definition) is 9. The van der Waals surface area contributed by atoms with Crippen molar-refractivity contribution in [2.45, 2.75) is 52.3 Å². The van der Waals surface area contributed by atoms with Crippen LogP contribution in [0, 0.1) is 18.7 Å². The lowest BCUT2D eigenvalue weighted by Gasteiger charge is -2.34. The molecule has 0 aliphatic carbocycles. The summed E-state index contributed by atoms with van der Waals surface area (Å²) < 4.78 is 68.3. The zero-order chi connectivity index (χ0) is 30.7. The Morgan fingerprint density at radius 2 is 1.93 bits per heavy atom. The summed E-state index contributed by atoms with van der Waals surface area (Å²) in [6.07, 6.45) is -2.00. The maximum absolute atomic E-state index is 14.6. The number of carbonyl (C=O) groups is 2. The Bertz CT molecular complexity index is 1430. The number of ether oxygens (including phenoxy) is 2. The van der Waals surface area contributed by atoms with Gasteiger partial charge in [0.1, 0.15) is 16.4 Å². The standard InChI is InChI=1S/C27H30F4N6O4S/c1-15-22(24(42-36-15)35-21-12-32-20(11-33-21)27(29,30)31)23(38)34-17-7-8-18(28)19(10-17)40-14-16-6-5-9-37(13-16)25(39)41-26(2,3)4/h7-8,10-12,16H,5-6,9,13-14H2,1-4H3,(H,33,35)(H,34,38)/t16-/m0/s1. The molecule has 42 heavy (non-hydrogen) atoms. The summed E-state index contributed by atoms with van der Waals surface area (Å²) >= 11 is 0.921. The van der Waals surface area contributed by atoms with Gasteiger partial charge in [-0.2, -0.15) is 17.5 Å². The van der Waals surface area contributed by atoms with E-state index in [1.807, 2.05) is 0 Å². The number of benzene rings is 1. The third kappa shape index (κ3) is 8.05. The van der Waals surface area contributed by atoms with Gasteiger partial charge in [-0.1, -0.05) is 0 Å². The zero-order valence-corrected chi connectivity index (χ0v) is 24.2. The molecule has 0 bridgehead atoms. The van der Waals surface area contributed by atoms with Gasteiger partial charge in [-0.15, -0.1) is 0 Å². The van der Waals surface area contributed by atoms with Crippen molar-refractivity contribution in [3.05, 3.63) is 53.4 Å². The van der Waals surface area contributed by atoms with E-state index in [0.29, 0.717) is 25.0 Å². The van der Waals surface area contributed by atoms with Gasteiger partial charge in [-0.3, -0.25) is 4.79 Å². The molecule has 226 valence electrons. The molecule has 1 saturated heterocycles. The number of nitrogens with zero attached hydrogens (tertiary/aromatic N) is 4.